The maximum absolute atomic E-state index is 9.92. The molecule has 0 aliphatic rings. The van der Waals surface area contributed by atoms with Crippen molar-refractivity contribution in [1.82, 2.24) is 4.98 Å². The van der Waals surface area contributed by atoms with Gasteiger partial charge in [0, 0.05) is 17.3 Å². The summed E-state index contributed by atoms with van der Waals surface area (Å²) in [6.07, 6.45) is 1.70. The first-order valence-electron chi connectivity index (χ1n) is 7.31. The molecule has 3 rings (SSSR count). The number of ether oxygens (including phenoxy) is 2. The molecule has 4 nitrogen and oxygen atoms in total. The molecule has 0 aliphatic heterocycles. The SMILES string of the molecule is COc1cccc(OC)c1-c1cccnc1-c1ccc(Cl)c(O)c1. The van der Waals surface area contributed by atoms with Crippen LogP contribution in [0.1, 0.15) is 0 Å². The van der Waals surface area contributed by atoms with E-state index in [4.69, 9.17) is 21.1 Å². The first kappa shape index (κ1) is 16.1. The molecule has 1 heterocycles. The number of methoxy groups -OCH3 is 2. The summed E-state index contributed by atoms with van der Waals surface area (Å²) in [6.45, 7) is 0. The summed E-state index contributed by atoms with van der Waals surface area (Å²) < 4.78 is 11.0. The molecule has 0 radical (unpaired) electrons. The lowest BCUT2D eigenvalue weighted by Gasteiger charge is -2.16. The van der Waals surface area contributed by atoms with Gasteiger partial charge in [0.1, 0.15) is 17.2 Å². The maximum atomic E-state index is 9.92. The highest BCUT2D eigenvalue weighted by Crippen LogP contribution is 2.42. The van der Waals surface area contributed by atoms with E-state index in [1.54, 1.807) is 32.5 Å². The second-order valence-corrected chi connectivity index (χ2v) is 5.51. The number of benzene rings is 2. The summed E-state index contributed by atoms with van der Waals surface area (Å²) in [5.74, 6) is 1.38. The van der Waals surface area contributed by atoms with E-state index in [9.17, 15) is 5.11 Å². The van der Waals surface area contributed by atoms with Gasteiger partial charge in [-0.25, -0.2) is 0 Å². The van der Waals surface area contributed by atoms with Crippen LogP contribution in [0.4, 0.5) is 0 Å². The molecule has 0 atom stereocenters. The molecule has 0 bridgehead atoms. The van der Waals surface area contributed by atoms with E-state index in [0.29, 0.717) is 22.2 Å². The summed E-state index contributed by atoms with van der Waals surface area (Å²) in [4.78, 5) is 4.48. The molecule has 122 valence electrons. The molecule has 24 heavy (non-hydrogen) atoms. The number of phenols is 1. The Balaban J connectivity index is 2.26. The molecule has 5 heteroatoms. The van der Waals surface area contributed by atoms with Crippen LogP contribution in [0, 0.1) is 0 Å². The van der Waals surface area contributed by atoms with Crippen LogP contribution < -0.4 is 9.47 Å². The quantitative estimate of drug-likeness (QED) is 0.741. The van der Waals surface area contributed by atoms with Crippen LogP contribution in [0.15, 0.2) is 54.7 Å². The number of pyridine rings is 1. The molecule has 0 saturated carbocycles. The maximum Gasteiger partial charge on any atom is 0.134 e. The molecule has 0 amide bonds. The van der Waals surface area contributed by atoms with E-state index in [1.807, 2.05) is 36.4 Å². The van der Waals surface area contributed by atoms with Crippen molar-refractivity contribution in [2.24, 2.45) is 0 Å². The summed E-state index contributed by atoms with van der Waals surface area (Å²) in [5.41, 5.74) is 3.10. The average Bonchev–Trinajstić information content (AvgIpc) is 2.63. The minimum absolute atomic E-state index is 0.0118. The van der Waals surface area contributed by atoms with Gasteiger partial charge in [0.15, 0.2) is 0 Å². The molecular weight excluding hydrogens is 326 g/mol. The third-order valence-corrected chi connectivity index (χ3v) is 4.04. The average molecular weight is 342 g/mol. The van der Waals surface area contributed by atoms with Crippen LogP contribution in [0.2, 0.25) is 5.02 Å². The molecule has 3 aromatic rings. The Labute approximate surface area is 145 Å². The number of aromatic hydroxyl groups is 1. The van der Waals surface area contributed by atoms with Gasteiger partial charge in [-0.05, 0) is 30.3 Å². The topological polar surface area (TPSA) is 51.6 Å². The van der Waals surface area contributed by atoms with Crippen LogP contribution >= 0.6 is 11.6 Å². The van der Waals surface area contributed by atoms with Gasteiger partial charge in [0.05, 0.1) is 30.5 Å². The lowest BCUT2D eigenvalue weighted by molar-refractivity contribution is 0.397. The smallest absolute Gasteiger partial charge is 0.134 e. The van der Waals surface area contributed by atoms with E-state index in [2.05, 4.69) is 4.98 Å². The number of aromatic nitrogens is 1. The van der Waals surface area contributed by atoms with Crippen LogP contribution in [0.5, 0.6) is 17.2 Å². The largest absolute Gasteiger partial charge is 0.506 e. The molecule has 2 aromatic carbocycles. The number of hydrogen-bond acceptors (Lipinski definition) is 4. The van der Waals surface area contributed by atoms with E-state index < -0.39 is 0 Å². The fourth-order valence-corrected chi connectivity index (χ4v) is 2.73. The van der Waals surface area contributed by atoms with Crippen molar-refractivity contribution in [2.75, 3.05) is 14.2 Å². The predicted molar refractivity (Wildman–Crippen MR) is 94.9 cm³/mol. The van der Waals surface area contributed by atoms with Crippen molar-refractivity contribution in [2.45, 2.75) is 0 Å². The van der Waals surface area contributed by atoms with Crippen LogP contribution in [-0.4, -0.2) is 24.3 Å². The molecule has 0 spiro atoms. The van der Waals surface area contributed by atoms with Crippen molar-refractivity contribution in [1.29, 1.82) is 0 Å². The third kappa shape index (κ3) is 2.88. The van der Waals surface area contributed by atoms with Gasteiger partial charge in [0.25, 0.3) is 0 Å². The van der Waals surface area contributed by atoms with Gasteiger partial charge >= 0.3 is 0 Å². The first-order chi connectivity index (χ1) is 11.7. The van der Waals surface area contributed by atoms with Crippen molar-refractivity contribution >= 4 is 11.6 Å². The minimum atomic E-state index is 0.0118. The number of nitrogens with zero attached hydrogens (tertiary/aromatic N) is 1. The van der Waals surface area contributed by atoms with Gasteiger partial charge in [-0.1, -0.05) is 29.8 Å². The highest BCUT2D eigenvalue weighted by atomic mass is 35.5. The Hall–Kier alpha value is -2.72. The number of hydrogen-bond donors (Lipinski definition) is 1. The molecule has 0 aliphatic carbocycles. The highest BCUT2D eigenvalue weighted by molar-refractivity contribution is 6.32. The second-order valence-electron chi connectivity index (χ2n) is 5.10. The highest BCUT2D eigenvalue weighted by Gasteiger charge is 2.18. The zero-order chi connectivity index (χ0) is 17.1. The molecule has 1 aromatic heterocycles. The standard InChI is InChI=1S/C19H16ClNO3/c1-23-16-6-3-7-17(24-2)18(16)13-5-4-10-21-19(13)12-8-9-14(20)15(22)11-12/h3-11,22H,1-2H3. The van der Waals surface area contributed by atoms with Crippen LogP contribution in [0.25, 0.3) is 22.4 Å². The first-order valence-corrected chi connectivity index (χ1v) is 7.68. The van der Waals surface area contributed by atoms with E-state index in [-0.39, 0.29) is 5.75 Å². The number of phenolic OH excluding ortho intramolecular Hbond substituents is 1. The van der Waals surface area contributed by atoms with E-state index in [0.717, 1.165) is 16.7 Å². The summed E-state index contributed by atoms with van der Waals surface area (Å²) in [7, 11) is 3.23. The summed E-state index contributed by atoms with van der Waals surface area (Å²) in [5, 5.41) is 10.2. The Morgan fingerprint density at radius 1 is 0.958 bits per heavy atom. The zero-order valence-corrected chi connectivity index (χ0v) is 14.0. The molecule has 0 unspecified atom stereocenters. The fraction of sp³-hybridized carbons (Fsp3) is 0.105. The fourth-order valence-electron chi connectivity index (χ4n) is 2.61. The van der Waals surface area contributed by atoms with Crippen molar-refractivity contribution in [3.63, 3.8) is 0 Å². The summed E-state index contributed by atoms with van der Waals surface area (Å²) in [6, 6.07) is 14.4. The second kappa shape index (κ2) is 6.81. The molecular formula is C19H16ClNO3. The molecule has 1 N–H and O–H groups in total. The lowest BCUT2D eigenvalue weighted by atomic mass is 9.97. The normalized spacial score (nSPS) is 10.5. The Morgan fingerprint density at radius 2 is 1.67 bits per heavy atom. The van der Waals surface area contributed by atoms with Gasteiger partial charge < -0.3 is 14.6 Å². The van der Waals surface area contributed by atoms with Gasteiger partial charge in [-0.2, -0.15) is 0 Å². The Bertz CT molecular complexity index is 858. The van der Waals surface area contributed by atoms with E-state index in [1.165, 1.54) is 0 Å². The molecule has 0 fully saturated rings. The lowest BCUT2D eigenvalue weighted by Crippen LogP contribution is -1.96. The van der Waals surface area contributed by atoms with Gasteiger partial charge in [-0.15, -0.1) is 0 Å². The van der Waals surface area contributed by atoms with Crippen LogP contribution in [0.3, 0.4) is 0 Å². The summed E-state index contributed by atoms with van der Waals surface area (Å²) >= 11 is 5.91. The number of rotatable bonds is 4. The zero-order valence-electron chi connectivity index (χ0n) is 13.3. The van der Waals surface area contributed by atoms with Crippen LogP contribution in [-0.2, 0) is 0 Å². The van der Waals surface area contributed by atoms with Crippen molar-refractivity contribution < 1.29 is 14.6 Å². The van der Waals surface area contributed by atoms with Crippen molar-refractivity contribution in [3.05, 3.63) is 59.8 Å². The van der Waals surface area contributed by atoms with Gasteiger partial charge in [-0.3, -0.25) is 4.98 Å². The Kier molecular flexibility index (Phi) is 4.58. The minimum Gasteiger partial charge on any atom is -0.506 e. The van der Waals surface area contributed by atoms with Gasteiger partial charge in [0.2, 0.25) is 0 Å². The Morgan fingerprint density at radius 3 is 2.29 bits per heavy atom. The monoisotopic (exact) mass is 341 g/mol. The predicted octanol–water partition coefficient (Wildman–Crippen LogP) is 4.79. The third-order valence-electron chi connectivity index (χ3n) is 3.72. The van der Waals surface area contributed by atoms with E-state index >= 15 is 0 Å². The van der Waals surface area contributed by atoms with Crippen molar-refractivity contribution in [3.8, 4) is 39.6 Å². The molecule has 0 saturated heterocycles. The number of halogens is 1.